The average Bonchev–Trinajstić information content (AvgIpc) is 2.72. The van der Waals surface area contributed by atoms with Crippen LogP contribution in [0.5, 0.6) is 11.5 Å². The van der Waals surface area contributed by atoms with Crippen LogP contribution >= 0.6 is 0 Å². The summed E-state index contributed by atoms with van der Waals surface area (Å²) >= 11 is 0. The lowest BCUT2D eigenvalue weighted by molar-refractivity contribution is 0.104. The van der Waals surface area contributed by atoms with Gasteiger partial charge in [0.15, 0.2) is 5.78 Å². The van der Waals surface area contributed by atoms with Crippen molar-refractivity contribution in [2.24, 2.45) is 0 Å². The number of carbonyl (C=O) groups is 1. The predicted molar refractivity (Wildman–Crippen MR) is 102 cm³/mol. The fraction of sp³-hybridized carbons (Fsp3) is 0.286. The Kier molecular flexibility index (Phi) is 6.08. The lowest BCUT2D eigenvalue weighted by atomic mass is 10.1. The number of methoxy groups -OCH3 is 2. The molecule has 1 heterocycles. The van der Waals surface area contributed by atoms with Gasteiger partial charge in [0.05, 0.1) is 33.1 Å². The molecule has 2 aromatic rings. The first-order valence-corrected chi connectivity index (χ1v) is 8.69. The van der Waals surface area contributed by atoms with Gasteiger partial charge in [-0.1, -0.05) is 0 Å². The molecule has 0 atom stereocenters. The maximum absolute atomic E-state index is 14.5. The van der Waals surface area contributed by atoms with Gasteiger partial charge < -0.3 is 19.1 Å². The molecule has 5 nitrogen and oxygen atoms in total. The van der Waals surface area contributed by atoms with Crippen LogP contribution in [0.3, 0.4) is 0 Å². The summed E-state index contributed by atoms with van der Waals surface area (Å²) in [7, 11) is 3.12. The van der Waals surface area contributed by atoms with E-state index < -0.39 is 5.82 Å². The molecule has 0 saturated carbocycles. The Labute approximate surface area is 158 Å². The van der Waals surface area contributed by atoms with E-state index in [4.69, 9.17) is 14.2 Å². The van der Waals surface area contributed by atoms with E-state index in [1.807, 2.05) is 4.90 Å². The summed E-state index contributed by atoms with van der Waals surface area (Å²) in [6.07, 6.45) is 3.06. The molecule has 2 aromatic carbocycles. The molecule has 0 radical (unpaired) electrons. The summed E-state index contributed by atoms with van der Waals surface area (Å²) in [5.74, 6) is 0.571. The van der Waals surface area contributed by atoms with Crippen LogP contribution in [0.4, 0.5) is 10.1 Å². The monoisotopic (exact) mass is 371 g/mol. The Bertz CT molecular complexity index is 844. The molecule has 1 aliphatic rings. The van der Waals surface area contributed by atoms with Crippen LogP contribution in [0.1, 0.15) is 15.9 Å². The number of allylic oxidation sites excluding steroid dienone is 1. The molecular weight excluding hydrogens is 349 g/mol. The first kappa shape index (κ1) is 18.9. The molecule has 1 saturated heterocycles. The van der Waals surface area contributed by atoms with Gasteiger partial charge in [-0.25, -0.2) is 4.39 Å². The number of halogens is 1. The first-order chi connectivity index (χ1) is 13.1. The maximum Gasteiger partial charge on any atom is 0.185 e. The van der Waals surface area contributed by atoms with Crippen molar-refractivity contribution in [3.8, 4) is 11.5 Å². The minimum atomic E-state index is -0.404. The van der Waals surface area contributed by atoms with Crippen molar-refractivity contribution in [2.75, 3.05) is 45.4 Å². The second-order valence-corrected chi connectivity index (χ2v) is 6.07. The summed E-state index contributed by atoms with van der Waals surface area (Å²) in [5.41, 5.74) is 1.53. The third-order valence-electron chi connectivity index (χ3n) is 4.44. The van der Waals surface area contributed by atoms with Crippen molar-refractivity contribution in [3.63, 3.8) is 0 Å². The molecule has 0 bridgehead atoms. The van der Waals surface area contributed by atoms with Crippen molar-refractivity contribution in [1.82, 2.24) is 0 Å². The molecule has 0 N–H and O–H groups in total. The molecule has 1 fully saturated rings. The lowest BCUT2D eigenvalue weighted by Gasteiger charge is -2.29. The third-order valence-corrected chi connectivity index (χ3v) is 4.44. The van der Waals surface area contributed by atoms with Crippen LogP contribution in [0.25, 0.3) is 6.08 Å². The van der Waals surface area contributed by atoms with Gasteiger partial charge in [0.2, 0.25) is 0 Å². The number of hydrogen-bond donors (Lipinski definition) is 0. The number of nitrogens with zero attached hydrogens (tertiary/aromatic N) is 1. The molecule has 1 aliphatic heterocycles. The van der Waals surface area contributed by atoms with Gasteiger partial charge in [0.1, 0.15) is 17.3 Å². The van der Waals surface area contributed by atoms with E-state index >= 15 is 0 Å². The Morgan fingerprint density at radius 2 is 1.89 bits per heavy atom. The second-order valence-electron chi connectivity index (χ2n) is 6.07. The molecule has 0 aromatic heterocycles. The summed E-state index contributed by atoms with van der Waals surface area (Å²) in [6, 6.07) is 9.89. The highest BCUT2D eigenvalue weighted by Crippen LogP contribution is 2.26. The fourth-order valence-corrected chi connectivity index (χ4v) is 2.94. The first-order valence-electron chi connectivity index (χ1n) is 8.69. The maximum atomic E-state index is 14.5. The van der Waals surface area contributed by atoms with Crippen molar-refractivity contribution in [2.45, 2.75) is 0 Å². The number of benzene rings is 2. The molecule has 3 rings (SSSR count). The predicted octanol–water partition coefficient (Wildman–Crippen LogP) is 3.58. The van der Waals surface area contributed by atoms with Gasteiger partial charge in [0, 0.05) is 30.3 Å². The van der Waals surface area contributed by atoms with Gasteiger partial charge in [-0.15, -0.1) is 0 Å². The fourth-order valence-electron chi connectivity index (χ4n) is 2.94. The quantitative estimate of drug-likeness (QED) is 0.574. The van der Waals surface area contributed by atoms with Crippen LogP contribution in [0.2, 0.25) is 0 Å². The zero-order valence-electron chi connectivity index (χ0n) is 15.4. The summed E-state index contributed by atoms with van der Waals surface area (Å²) in [6.45, 7) is 2.43. The number of anilines is 1. The molecular formula is C21H22FNO4. The van der Waals surface area contributed by atoms with Gasteiger partial charge in [-0.05, 0) is 42.5 Å². The number of morpholine rings is 1. The van der Waals surface area contributed by atoms with Crippen molar-refractivity contribution in [1.29, 1.82) is 0 Å². The summed E-state index contributed by atoms with van der Waals surface area (Å²) in [4.78, 5) is 14.3. The van der Waals surface area contributed by atoms with Crippen LogP contribution < -0.4 is 14.4 Å². The number of ketones is 1. The summed E-state index contributed by atoms with van der Waals surface area (Å²) in [5, 5.41) is 0. The van der Waals surface area contributed by atoms with Crippen LogP contribution in [-0.4, -0.2) is 46.3 Å². The second kappa shape index (κ2) is 8.68. The van der Waals surface area contributed by atoms with Crippen LogP contribution in [-0.2, 0) is 4.74 Å². The zero-order valence-corrected chi connectivity index (χ0v) is 15.4. The Morgan fingerprint density at radius 3 is 2.56 bits per heavy atom. The highest BCUT2D eigenvalue weighted by atomic mass is 19.1. The molecule has 0 unspecified atom stereocenters. The Balaban J connectivity index is 1.76. The molecule has 0 aliphatic carbocycles. The summed E-state index contributed by atoms with van der Waals surface area (Å²) < 4.78 is 30.2. The largest absolute Gasteiger partial charge is 0.497 e. The van der Waals surface area contributed by atoms with Gasteiger partial charge in [-0.2, -0.15) is 0 Å². The van der Waals surface area contributed by atoms with E-state index in [1.165, 1.54) is 12.1 Å². The highest BCUT2D eigenvalue weighted by molar-refractivity contribution is 6.07. The van der Waals surface area contributed by atoms with E-state index in [0.29, 0.717) is 49.1 Å². The topological polar surface area (TPSA) is 48.0 Å². The van der Waals surface area contributed by atoms with E-state index in [0.717, 1.165) is 5.56 Å². The highest BCUT2D eigenvalue weighted by Gasteiger charge is 2.16. The smallest absolute Gasteiger partial charge is 0.185 e. The van der Waals surface area contributed by atoms with Crippen molar-refractivity contribution >= 4 is 17.5 Å². The number of rotatable bonds is 6. The van der Waals surface area contributed by atoms with Crippen LogP contribution in [0, 0.1) is 5.82 Å². The van der Waals surface area contributed by atoms with Gasteiger partial charge >= 0.3 is 0 Å². The minimum absolute atomic E-state index is 0.278. The molecule has 0 spiro atoms. The zero-order chi connectivity index (χ0) is 19.2. The Morgan fingerprint density at radius 1 is 1.11 bits per heavy atom. The van der Waals surface area contributed by atoms with Gasteiger partial charge in [-0.3, -0.25) is 4.79 Å². The van der Waals surface area contributed by atoms with E-state index in [9.17, 15) is 9.18 Å². The average molecular weight is 371 g/mol. The minimum Gasteiger partial charge on any atom is -0.497 e. The number of ether oxygens (including phenoxy) is 3. The molecule has 27 heavy (non-hydrogen) atoms. The number of carbonyl (C=O) groups excluding carboxylic acids is 1. The van der Waals surface area contributed by atoms with Crippen molar-refractivity contribution < 1.29 is 23.4 Å². The third kappa shape index (κ3) is 4.46. The number of hydrogen-bond acceptors (Lipinski definition) is 5. The van der Waals surface area contributed by atoms with Crippen molar-refractivity contribution in [3.05, 3.63) is 59.4 Å². The standard InChI is InChI=1S/C21H22FNO4/c1-25-17-6-3-15(21(14-17)26-2)5-8-20(24)16-4-7-19(18(22)13-16)23-9-11-27-12-10-23/h3-8,13-14H,9-12H2,1-2H3/b8-5+. The van der Waals surface area contributed by atoms with E-state index in [1.54, 1.807) is 50.6 Å². The SMILES string of the molecule is COc1ccc(/C=C/C(=O)c2ccc(N3CCOCC3)c(F)c2)c(OC)c1. The molecule has 0 amide bonds. The van der Waals surface area contributed by atoms with E-state index in [-0.39, 0.29) is 5.78 Å². The Hall–Kier alpha value is -2.86. The lowest BCUT2D eigenvalue weighted by Crippen LogP contribution is -2.36. The normalized spacial score (nSPS) is 14.4. The van der Waals surface area contributed by atoms with Crippen LogP contribution in [0.15, 0.2) is 42.5 Å². The van der Waals surface area contributed by atoms with E-state index in [2.05, 4.69) is 0 Å². The van der Waals surface area contributed by atoms with Gasteiger partial charge in [0.25, 0.3) is 0 Å². The molecule has 6 heteroatoms. The molecule has 142 valence electrons.